The van der Waals surface area contributed by atoms with E-state index in [-0.39, 0.29) is 17.8 Å². The van der Waals surface area contributed by atoms with Crippen molar-refractivity contribution >= 4 is 22.4 Å². The van der Waals surface area contributed by atoms with E-state index in [2.05, 4.69) is 20.6 Å². The number of rotatable bonds is 5. The Morgan fingerprint density at radius 1 is 0.938 bits per heavy atom. The quantitative estimate of drug-likeness (QED) is 0.462. The molecule has 0 radical (unpaired) electrons. The monoisotopic (exact) mass is 423 g/mol. The van der Waals surface area contributed by atoms with E-state index in [0.29, 0.717) is 27.9 Å². The average Bonchev–Trinajstić information content (AvgIpc) is 3.37. The Kier molecular flexibility index (Phi) is 5.01. The zero-order valence-electron chi connectivity index (χ0n) is 16.8. The van der Waals surface area contributed by atoms with Crippen LogP contribution < -0.4 is 10.9 Å². The minimum Gasteiger partial charge on any atom is -0.423 e. The molecule has 8 heteroatoms. The minimum absolute atomic E-state index is 0.166. The first-order valence-corrected chi connectivity index (χ1v) is 9.91. The Labute approximate surface area is 182 Å². The van der Waals surface area contributed by atoms with E-state index in [4.69, 9.17) is 4.42 Å². The van der Waals surface area contributed by atoms with Crippen LogP contribution in [0.15, 0.2) is 94.5 Å². The molecule has 1 N–H and O–H groups in total. The Bertz CT molecular complexity index is 1460. The maximum atomic E-state index is 13.2. The van der Waals surface area contributed by atoms with Gasteiger partial charge in [0.1, 0.15) is 0 Å². The highest BCUT2D eigenvalue weighted by Gasteiger charge is 2.17. The summed E-state index contributed by atoms with van der Waals surface area (Å²) in [5.74, 6) is -0.0771. The number of carbonyl (C=O) groups excluding carboxylic acids is 1. The summed E-state index contributed by atoms with van der Waals surface area (Å²) in [6.45, 7) is 0.261. The third-order valence-electron chi connectivity index (χ3n) is 4.99. The van der Waals surface area contributed by atoms with Gasteiger partial charge in [0.2, 0.25) is 12.3 Å². The molecule has 5 rings (SSSR count). The van der Waals surface area contributed by atoms with Crippen LogP contribution in [-0.2, 0) is 6.54 Å². The van der Waals surface area contributed by atoms with Crippen LogP contribution in [0.2, 0.25) is 0 Å². The van der Waals surface area contributed by atoms with Crippen LogP contribution in [-0.4, -0.2) is 25.9 Å². The van der Waals surface area contributed by atoms with Crippen molar-refractivity contribution in [1.29, 1.82) is 0 Å². The van der Waals surface area contributed by atoms with Crippen LogP contribution in [0.5, 0.6) is 0 Å². The third kappa shape index (κ3) is 3.77. The average molecular weight is 423 g/mol. The lowest BCUT2D eigenvalue weighted by atomic mass is 10.1. The minimum atomic E-state index is -0.425. The smallest absolute Gasteiger partial charge is 0.276 e. The third-order valence-corrected chi connectivity index (χ3v) is 4.99. The Morgan fingerprint density at radius 2 is 1.72 bits per heavy atom. The molecule has 5 aromatic rings. The fraction of sp³-hybridized carbons (Fsp3) is 0.0417. The molecule has 156 valence electrons. The highest BCUT2D eigenvalue weighted by molar-refractivity contribution is 6.11. The molecule has 0 bridgehead atoms. The van der Waals surface area contributed by atoms with Crippen LogP contribution in [0.4, 0.5) is 5.69 Å². The van der Waals surface area contributed by atoms with Crippen molar-refractivity contribution in [2.75, 3.05) is 5.32 Å². The second-order valence-electron chi connectivity index (χ2n) is 7.12. The highest BCUT2D eigenvalue weighted by atomic mass is 16.4. The molecule has 0 aliphatic heterocycles. The molecule has 3 aromatic carbocycles. The SMILES string of the molecule is O=C(Nc1cccc(-c2nnco2)c1)c1nn(Cc2ccccc2)c(=O)c2ccccc12. The Morgan fingerprint density at radius 3 is 2.50 bits per heavy atom. The summed E-state index contributed by atoms with van der Waals surface area (Å²) < 4.78 is 6.54. The summed E-state index contributed by atoms with van der Waals surface area (Å²) in [5, 5.41) is 15.8. The fourth-order valence-corrected chi connectivity index (χ4v) is 3.49. The summed E-state index contributed by atoms with van der Waals surface area (Å²) in [4.78, 5) is 26.2. The predicted molar refractivity (Wildman–Crippen MR) is 119 cm³/mol. The topological polar surface area (TPSA) is 103 Å². The summed E-state index contributed by atoms with van der Waals surface area (Å²) in [6.07, 6.45) is 1.24. The van der Waals surface area contributed by atoms with Crippen molar-refractivity contribution in [2.24, 2.45) is 0 Å². The molecule has 2 heterocycles. The number of aromatic nitrogens is 4. The number of hydrogen-bond acceptors (Lipinski definition) is 6. The maximum absolute atomic E-state index is 13.2. The first kappa shape index (κ1) is 19.4. The van der Waals surface area contributed by atoms with E-state index in [1.807, 2.05) is 30.3 Å². The summed E-state index contributed by atoms with van der Waals surface area (Å²) in [7, 11) is 0. The van der Waals surface area contributed by atoms with Crippen molar-refractivity contribution in [1.82, 2.24) is 20.0 Å². The summed E-state index contributed by atoms with van der Waals surface area (Å²) >= 11 is 0. The van der Waals surface area contributed by atoms with Crippen molar-refractivity contribution in [2.45, 2.75) is 6.54 Å². The van der Waals surface area contributed by atoms with Gasteiger partial charge >= 0.3 is 0 Å². The molecule has 32 heavy (non-hydrogen) atoms. The molecular formula is C24H17N5O3. The van der Waals surface area contributed by atoms with Crippen molar-refractivity contribution in [3.05, 3.63) is 107 Å². The lowest BCUT2D eigenvalue weighted by molar-refractivity contribution is 0.102. The van der Waals surface area contributed by atoms with Crippen LogP contribution >= 0.6 is 0 Å². The zero-order chi connectivity index (χ0) is 21.9. The number of nitrogens with one attached hydrogen (secondary N) is 1. The summed E-state index contributed by atoms with van der Waals surface area (Å²) in [6, 6.07) is 23.5. The van der Waals surface area contributed by atoms with Gasteiger partial charge in [-0.3, -0.25) is 9.59 Å². The molecule has 0 aliphatic rings. The molecule has 8 nitrogen and oxygen atoms in total. The largest absolute Gasteiger partial charge is 0.423 e. The first-order chi connectivity index (χ1) is 15.7. The molecule has 1 amide bonds. The number of fused-ring (bicyclic) bond motifs is 1. The number of amides is 1. The van der Waals surface area contributed by atoms with Gasteiger partial charge in [-0.05, 0) is 29.8 Å². The number of carbonyl (C=O) groups is 1. The molecule has 0 unspecified atom stereocenters. The Hall–Kier alpha value is -4.59. The van der Waals surface area contributed by atoms with Crippen LogP contribution in [0.3, 0.4) is 0 Å². The lowest BCUT2D eigenvalue weighted by Crippen LogP contribution is -2.28. The van der Waals surface area contributed by atoms with Crippen LogP contribution in [0, 0.1) is 0 Å². The lowest BCUT2D eigenvalue weighted by Gasteiger charge is -2.12. The Balaban J connectivity index is 1.53. The van der Waals surface area contributed by atoms with Gasteiger partial charge in [0.05, 0.1) is 11.9 Å². The number of benzene rings is 3. The van der Waals surface area contributed by atoms with Gasteiger partial charge < -0.3 is 9.73 Å². The second kappa shape index (κ2) is 8.27. The summed E-state index contributed by atoms with van der Waals surface area (Å²) in [5.41, 5.74) is 2.04. The van der Waals surface area contributed by atoms with E-state index in [0.717, 1.165) is 5.56 Å². The second-order valence-corrected chi connectivity index (χ2v) is 7.12. The molecule has 0 saturated carbocycles. The predicted octanol–water partition coefficient (Wildman–Crippen LogP) is 3.75. The van der Waals surface area contributed by atoms with E-state index in [9.17, 15) is 9.59 Å². The van der Waals surface area contributed by atoms with E-state index in [1.165, 1.54) is 11.1 Å². The zero-order valence-corrected chi connectivity index (χ0v) is 16.8. The number of hydrogen-bond donors (Lipinski definition) is 1. The molecular weight excluding hydrogens is 406 g/mol. The van der Waals surface area contributed by atoms with Crippen molar-refractivity contribution in [3.63, 3.8) is 0 Å². The molecule has 0 atom stereocenters. The van der Waals surface area contributed by atoms with Gasteiger partial charge in [-0.25, -0.2) is 4.68 Å². The van der Waals surface area contributed by atoms with Gasteiger partial charge in [0.15, 0.2) is 5.69 Å². The van der Waals surface area contributed by atoms with E-state index in [1.54, 1.807) is 48.5 Å². The molecule has 0 spiro atoms. The highest BCUT2D eigenvalue weighted by Crippen LogP contribution is 2.21. The van der Waals surface area contributed by atoms with Gasteiger partial charge in [-0.15, -0.1) is 10.2 Å². The molecule has 0 aliphatic carbocycles. The fourth-order valence-electron chi connectivity index (χ4n) is 3.49. The van der Waals surface area contributed by atoms with Gasteiger partial charge in [0.25, 0.3) is 11.5 Å². The van der Waals surface area contributed by atoms with Crippen molar-refractivity contribution < 1.29 is 9.21 Å². The molecule has 0 fully saturated rings. The van der Waals surface area contributed by atoms with Gasteiger partial charge in [-0.2, -0.15) is 5.10 Å². The normalized spacial score (nSPS) is 10.9. The van der Waals surface area contributed by atoms with Crippen LogP contribution in [0.25, 0.3) is 22.2 Å². The van der Waals surface area contributed by atoms with Crippen molar-refractivity contribution in [3.8, 4) is 11.5 Å². The first-order valence-electron chi connectivity index (χ1n) is 9.91. The number of nitrogens with zero attached hydrogens (tertiary/aromatic N) is 4. The van der Waals surface area contributed by atoms with E-state index >= 15 is 0 Å². The maximum Gasteiger partial charge on any atom is 0.276 e. The standard InChI is InChI=1S/C24H17N5O3/c30-22(26-18-10-6-9-17(13-18)23-27-25-15-32-23)21-19-11-4-5-12-20(19)24(31)29(28-21)14-16-7-2-1-3-8-16/h1-13,15H,14H2,(H,26,30). The van der Waals surface area contributed by atoms with Gasteiger partial charge in [-0.1, -0.05) is 54.6 Å². The van der Waals surface area contributed by atoms with Gasteiger partial charge in [0, 0.05) is 16.6 Å². The van der Waals surface area contributed by atoms with Crippen LogP contribution in [0.1, 0.15) is 16.1 Å². The number of anilines is 1. The molecule has 2 aromatic heterocycles. The molecule has 0 saturated heterocycles. The van der Waals surface area contributed by atoms with E-state index < -0.39 is 5.91 Å².